The van der Waals surface area contributed by atoms with Gasteiger partial charge in [0.25, 0.3) is 0 Å². The summed E-state index contributed by atoms with van der Waals surface area (Å²) in [6.45, 7) is 3.74. The van der Waals surface area contributed by atoms with Gasteiger partial charge in [-0.3, -0.25) is 0 Å². The number of hydrogen-bond donors (Lipinski definition) is 1. The van der Waals surface area contributed by atoms with Crippen LogP contribution in [0.4, 0.5) is 4.39 Å². The topological polar surface area (TPSA) is 39.2 Å². The van der Waals surface area contributed by atoms with Gasteiger partial charge in [-0.2, -0.15) is 0 Å². The molecule has 1 aromatic heterocycles. The third kappa shape index (κ3) is 1.99. The zero-order chi connectivity index (χ0) is 11.7. The number of aryl methyl sites for hydroxylation is 1. The molecular weight excluding hydrogens is 205 g/mol. The second-order valence-electron chi connectivity index (χ2n) is 3.97. The van der Waals surface area contributed by atoms with Gasteiger partial charge >= 0.3 is 0 Å². The molecule has 0 aliphatic rings. The Hall–Kier alpha value is -1.61. The van der Waals surface area contributed by atoms with Gasteiger partial charge in [-0.1, -0.05) is 11.6 Å². The van der Waals surface area contributed by atoms with E-state index in [0.29, 0.717) is 17.1 Å². The monoisotopic (exact) mass is 219 g/mol. The zero-order valence-electron chi connectivity index (χ0n) is 9.33. The van der Waals surface area contributed by atoms with E-state index in [4.69, 9.17) is 10.2 Å². The van der Waals surface area contributed by atoms with E-state index in [-0.39, 0.29) is 11.9 Å². The first-order chi connectivity index (χ1) is 7.58. The average molecular weight is 219 g/mol. The molecule has 2 rings (SSSR count). The molecule has 2 nitrogen and oxygen atoms in total. The van der Waals surface area contributed by atoms with Gasteiger partial charge in [-0.15, -0.1) is 0 Å². The van der Waals surface area contributed by atoms with Crippen LogP contribution in [0.25, 0.3) is 11.3 Å². The normalized spacial score (nSPS) is 12.8. The van der Waals surface area contributed by atoms with E-state index in [2.05, 4.69) is 0 Å². The van der Waals surface area contributed by atoms with Crippen LogP contribution in [-0.4, -0.2) is 0 Å². The lowest BCUT2D eigenvalue weighted by Gasteiger charge is -2.02. The molecule has 1 atom stereocenters. The highest BCUT2D eigenvalue weighted by molar-refractivity contribution is 5.59. The Morgan fingerprint density at radius 3 is 2.62 bits per heavy atom. The molecule has 0 fully saturated rings. The Morgan fingerprint density at radius 1 is 1.25 bits per heavy atom. The summed E-state index contributed by atoms with van der Waals surface area (Å²) in [5, 5.41) is 0. The van der Waals surface area contributed by atoms with Gasteiger partial charge < -0.3 is 10.2 Å². The fraction of sp³-hybridized carbons (Fsp3) is 0.231. The smallest absolute Gasteiger partial charge is 0.137 e. The molecule has 3 heteroatoms. The molecule has 0 saturated carbocycles. The SMILES string of the molecule is Cc1ccc(F)c(-c2ccc(C(C)N)o2)c1. The summed E-state index contributed by atoms with van der Waals surface area (Å²) in [6, 6.07) is 8.28. The third-order valence-corrected chi connectivity index (χ3v) is 2.46. The highest BCUT2D eigenvalue weighted by atomic mass is 19.1. The molecule has 1 heterocycles. The summed E-state index contributed by atoms with van der Waals surface area (Å²) < 4.78 is 19.1. The summed E-state index contributed by atoms with van der Waals surface area (Å²) in [6.07, 6.45) is 0. The summed E-state index contributed by atoms with van der Waals surface area (Å²) in [7, 11) is 0. The number of furan rings is 1. The highest BCUT2D eigenvalue weighted by Crippen LogP contribution is 2.27. The number of halogens is 1. The van der Waals surface area contributed by atoms with E-state index in [1.54, 1.807) is 24.3 Å². The summed E-state index contributed by atoms with van der Waals surface area (Å²) >= 11 is 0. The van der Waals surface area contributed by atoms with Crippen LogP contribution in [0.3, 0.4) is 0 Å². The predicted molar refractivity (Wildman–Crippen MR) is 61.4 cm³/mol. The van der Waals surface area contributed by atoms with Crippen molar-refractivity contribution in [3.8, 4) is 11.3 Å². The predicted octanol–water partition coefficient (Wildman–Crippen LogP) is 3.41. The minimum Gasteiger partial charge on any atom is -0.459 e. The molecule has 84 valence electrons. The lowest BCUT2D eigenvalue weighted by Crippen LogP contribution is -2.02. The maximum Gasteiger partial charge on any atom is 0.137 e. The van der Waals surface area contributed by atoms with Crippen molar-refractivity contribution in [2.75, 3.05) is 0 Å². The summed E-state index contributed by atoms with van der Waals surface area (Å²) in [5.41, 5.74) is 7.16. The molecular formula is C13H14FNO. The Kier molecular flexibility index (Phi) is 2.79. The van der Waals surface area contributed by atoms with Crippen molar-refractivity contribution in [1.29, 1.82) is 0 Å². The van der Waals surface area contributed by atoms with Crippen molar-refractivity contribution in [1.82, 2.24) is 0 Å². The molecule has 0 aliphatic carbocycles. The Bertz CT molecular complexity index is 502. The fourth-order valence-corrected chi connectivity index (χ4v) is 1.57. The molecule has 2 N–H and O–H groups in total. The van der Waals surface area contributed by atoms with Crippen LogP contribution >= 0.6 is 0 Å². The molecule has 0 radical (unpaired) electrons. The first kappa shape index (κ1) is 10.9. The van der Waals surface area contributed by atoms with E-state index in [1.165, 1.54) is 6.07 Å². The van der Waals surface area contributed by atoms with Gasteiger partial charge in [0.1, 0.15) is 17.3 Å². The second kappa shape index (κ2) is 4.10. The largest absolute Gasteiger partial charge is 0.459 e. The quantitative estimate of drug-likeness (QED) is 0.840. The van der Waals surface area contributed by atoms with Crippen LogP contribution in [0.1, 0.15) is 24.3 Å². The maximum absolute atomic E-state index is 13.6. The Balaban J connectivity index is 2.46. The van der Waals surface area contributed by atoms with Crippen LogP contribution in [0.2, 0.25) is 0 Å². The van der Waals surface area contributed by atoms with Crippen molar-refractivity contribution >= 4 is 0 Å². The molecule has 0 saturated heterocycles. The minimum absolute atomic E-state index is 0.179. The molecule has 1 aromatic carbocycles. The number of benzene rings is 1. The van der Waals surface area contributed by atoms with E-state index in [9.17, 15) is 4.39 Å². The van der Waals surface area contributed by atoms with Gasteiger partial charge in [0.05, 0.1) is 11.6 Å². The summed E-state index contributed by atoms with van der Waals surface area (Å²) in [4.78, 5) is 0. The Labute approximate surface area is 93.9 Å². The number of nitrogens with two attached hydrogens (primary N) is 1. The van der Waals surface area contributed by atoms with Crippen LogP contribution < -0.4 is 5.73 Å². The van der Waals surface area contributed by atoms with E-state index in [0.717, 1.165) is 5.56 Å². The average Bonchev–Trinajstić information content (AvgIpc) is 2.70. The van der Waals surface area contributed by atoms with E-state index in [1.807, 2.05) is 13.8 Å². The second-order valence-corrected chi connectivity index (χ2v) is 3.97. The van der Waals surface area contributed by atoms with Crippen molar-refractivity contribution in [3.05, 3.63) is 47.5 Å². The van der Waals surface area contributed by atoms with Crippen molar-refractivity contribution in [2.45, 2.75) is 19.9 Å². The molecule has 0 aliphatic heterocycles. The fourth-order valence-electron chi connectivity index (χ4n) is 1.57. The number of rotatable bonds is 2. The number of hydrogen-bond acceptors (Lipinski definition) is 2. The lowest BCUT2D eigenvalue weighted by atomic mass is 10.1. The van der Waals surface area contributed by atoms with Gasteiger partial charge in [-0.05, 0) is 38.1 Å². The molecule has 0 amide bonds. The van der Waals surface area contributed by atoms with Crippen LogP contribution in [0.15, 0.2) is 34.7 Å². The van der Waals surface area contributed by atoms with Gasteiger partial charge in [-0.25, -0.2) is 4.39 Å². The standard InChI is InChI=1S/C13H14FNO/c1-8-3-4-11(14)10(7-8)13-6-5-12(16-13)9(2)15/h3-7,9H,15H2,1-2H3. The van der Waals surface area contributed by atoms with Crippen molar-refractivity contribution in [3.63, 3.8) is 0 Å². The third-order valence-electron chi connectivity index (χ3n) is 2.46. The molecule has 0 bridgehead atoms. The van der Waals surface area contributed by atoms with Crippen LogP contribution in [0, 0.1) is 12.7 Å². The first-order valence-corrected chi connectivity index (χ1v) is 5.20. The van der Waals surface area contributed by atoms with Crippen LogP contribution in [0.5, 0.6) is 0 Å². The van der Waals surface area contributed by atoms with Crippen molar-refractivity contribution < 1.29 is 8.81 Å². The first-order valence-electron chi connectivity index (χ1n) is 5.20. The molecule has 0 spiro atoms. The van der Waals surface area contributed by atoms with Gasteiger partial charge in [0, 0.05) is 0 Å². The molecule has 2 aromatic rings. The zero-order valence-corrected chi connectivity index (χ0v) is 9.33. The van der Waals surface area contributed by atoms with Gasteiger partial charge in [0.2, 0.25) is 0 Å². The minimum atomic E-state index is -0.281. The Morgan fingerprint density at radius 2 is 2.00 bits per heavy atom. The summed E-state index contributed by atoms with van der Waals surface area (Å²) in [5.74, 6) is 0.903. The van der Waals surface area contributed by atoms with Gasteiger partial charge in [0.15, 0.2) is 0 Å². The van der Waals surface area contributed by atoms with Crippen molar-refractivity contribution in [2.24, 2.45) is 5.73 Å². The van der Waals surface area contributed by atoms with Crippen LogP contribution in [-0.2, 0) is 0 Å². The maximum atomic E-state index is 13.6. The molecule has 16 heavy (non-hydrogen) atoms. The lowest BCUT2D eigenvalue weighted by molar-refractivity contribution is 0.487. The van der Waals surface area contributed by atoms with E-state index >= 15 is 0 Å². The highest BCUT2D eigenvalue weighted by Gasteiger charge is 2.11. The molecule has 1 unspecified atom stereocenters. The van der Waals surface area contributed by atoms with E-state index < -0.39 is 0 Å².